The highest BCUT2D eigenvalue weighted by Gasteiger charge is 2.23. The van der Waals surface area contributed by atoms with Crippen molar-refractivity contribution in [1.82, 2.24) is 0 Å². The van der Waals surface area contributed by atoms with E-state index in [0.717, 1.165) is 7.11 Å². The van der Waals surface area contributed by atoms with Crippen molar-refractivity contribution < 1.29 is 23.4 Å². The lowest BCUT2D eigenvalue weighted by atomic mass is 10.0. The van der Waals surface area contributed by atoms with Crippen molar-refractivity contribution in [2.24, 2.45) is 0 Å². The first-order valence-corrected chi connectivity index (χ1v) is 4.17. The highest BCUT2D eigenvalue weighted by Crippen LogP contribution is 2.21. The quantitative estimate of drug-likeness (QED) is 0.768. The van der Waals surface area contributed by atoms with Gasteiger partial charge in [-0.1, -0.05) is 0 Å². The normalized spacial score (nSPS) is 9.69. The largest absolute Gasteiger partial charge is 0.465 e. The number of hydrogen-bond acceptors (Lipinski definition) is 4. The lowest BCUT2D eigenvalue weighted by Crippen LogP contribution is -2.11. The van der Waals surface area contributed by atoms with Gasteiger partial charge in [0, 0.05) is 5.56 Å². The van der Waals surface area contributed by atoms with Crippen molar-refractivity contribution in [3.05, 3.63) is 34.4 Å². The molecule has 0 heterocycles. The summed E-state index contributed by atoms with van der Waals surface area (Å²) in [5, 5.41) is 17.3. The molecule has 1 rings (SSSR count). The van der Waals surface area contributed by atoms with Crippen LogP contribution in [0.3, 0.4) is 0 Å². The van der Waals surface area contributed by atoms with Crippen LogP contribution in [0.1, 0.15) is 21.5 Å². The van der Waals surface area contributed by atoms with Crippen molar-refractivity contribution in [3.63, 3.8) is 0 Å². The molecule has 1 aromatic rings. The Balaban J connectivity index is 3.57. The molecule has 0 aliphatic carbocycles. The number of esters is 1. The number of aliphatic hydroxyl groups is 1. The highest BCUT2D eigenvalue weighted by atomic mass is 19.1. The fourth-order valence-electron chi connectivity index (χ4n) is 1.19. The van der Waals surface area contributed by atoms with E-state index in [9.17, 15) is 13.6 Å². The number of carbonyl (C=O) groups excluding carboxylic acids is 1. The van der Waals surface area contributed by atoms with Gasteiger partial charge in [-0.25, -0.2) is 13.6 Å². The molecule has 0 fully saturated rings. The summed E-state index contributed by atoms with van der Waals surface area (Å²) in [6.45, 7) is -0.909. The second kappa shape index (κ2) is 4.68. The number of halogens is 2. The third kappa shape index (κ3) is 1.85. The maximum Gasteiger partial charge on any atom is 0.342 e. The van der Waals surface area contributed by atoms with E-state index in [1.54, 1.807) is 0 Å². The van der Waals surface area contributed by atoms with Crippen LogP contribution in [0.4, 0.5) is 8.78 Å². The minimum Gasteiger partial charge on any atom is -0.465 e. The van der Waals surface area contributed by atoms with Crippen molar-refractivity contribution in [3.8, 4) is 6.07 Å². The van der Waals surface area contributed by atoms with E-state index in [1.165, 1.54) is 6.07 Å². The number of aliphatic hydroxyl groups excluding tert-OH is 1. The van der Waals surface area contributed by atoms with Crippen LogP contribution in [-0.4, -0.2) is 18.2 Å². The monoisotopic (exact) mass is 227 g/mol. The minimum absolute atomic E-state index is 0.473. The number of hydrogen-bond donors (Lipinski definition) is 1. The summed E-state index contributed by atoms with van der Waals surface area (Å²) in [5.41, 5.74) is -1.81. The molecule has 0 aromatic heterocycles. The molecule has 6 heteroatoms. The summed E-state index contributed by atoms with van der Waals surface area (Å²) in [5.74, 6) is -3.45. The molecule has 0 saturated carbocycles. The van der Waals surface area contributed by atoms with Gasteiger partial charge in [0.2, 0.25) is 0 Å². The van der Waals surface area contributed by atoms with Crippen molar-refractivity contribution >= 4 is 5.97 Å². The molecular formula is C10H7F2NO3. The molecule has 4 nitrogen and oxygen atoms in total. The molecule has 0 radical (unpaired) electrons. The van der Waals surface area contributed by atoms with Gasteiger partial charge < -0.3 is 9.84 Å². The molecule has 0 bridgehead atoms. The third-order valence-electron chi connectivity index (χ3n) is 1.98. The minimum atomic E-state index is -1.27. The van der Waals surface area contributed by atoms with E-state index >= 15 is 0 Å². The molecule has 1 aromatic carbocycles. The maximum absolute atomic E-state index is 13.6. The zero-order valence-corrected chi connectivity index (χ0v) is 8.25. The van der Waals surface area contributed by atoms with Gasteiger partial charge >= 0.3 is 5.97 Å². The molecule has 0 aliphatic rings. The Morgan fingerprint density at radius 1 is 1.62 bits per heavy atom. The van der Waals surface area contributed by atoms with Crippen LogP contribution >= 0.6 is 0 Å². The van der Waals surface area contributed by atoms with E-state index in [1.807, 2.05) is 0 Å². The first-order valence-electron chi connectivity index (χ1n) is 4.17. The molecule has 84 valence electrons. The van der Waals surface area contributed by atoms with E-state index in [-0.39, 0.29) is 0 Å². The Kier molecular flexibility index (Phi) is 3.53. The van der Waals surface area contributed by atoms with Crippen LogP contribution in [0.2, 0.25) is 0 Å². The predicted octanol–water partition coefficient (Wildman–Crippen LogP) is 1.12. The van der Waals surface area contributed by atoms with Crippen molar-refractivity contribution in [2.45, 2.75) is 6.61 Å². The van der Waals surface area contributed by atoms with E-state index < -0.39 is 40.9 Å². The number of ether oxygens (including phenoxy) is 1. The van der Waals surface area contributed by atoms with Gasteiger partial charge in [0.1, 0.15) is 23.3 Å². The Hall–Kier alpha value is -2.00. The van der Waals surface area contributed by atoms with Gasteiger partial charge in [-0.15, -0.1) is 0 Å². The summed E-state index contributed by atoms with van der Waals surface area (Å²) >= 11 is 0. The molecule has 16 heavy (non-hydrogen) atoms. The molecular weight excluding hydrogens is 220 g/mol. The second-order valence-corrected chi connectivity index (χ2v) is 2.83. The number of rotatable bonds is 2. The molecule has 0 atom stereocenters. The highest BCUT2D eigenvalue weighted by molar-refractivity contribution is 5.92. The Bertz CT molecular complexity index is 480. The van der Waals surface area contributed by atoms with E-state index in [4.69, 9.17) is 10.4 Å². The topological polar surface area (TPSA) is 70.3 Å². The Labute approximate surface area is 89.7 Å². The number of methoxy groups -OCH3 is 1. The summed E-state index contributed by atoms with van der Waals surface area (Å²) in [7, 11) is 1.00. The van der Waals surface area contributed by atoms with Crippen LogP contribution in [0, 0.1) is 23.0 Å². The van der Waals surface area contributed by atoms with Crippen LogP contribution in [0.5, 0.6) is 0 Å². The number of nitrogens with zero attached hydrogens (tertiary/aromatic N) is 1. The second-order valence-electron chi connectivity index (χ2n) is 2.83. The number of nitriles is 1. The predicted molar refractivity (Wildman–Crippen MR) is 48.3 cm³/mol. The molecule has 0 saturated heterocycles. The summed E-state index contributed by atoms with van der Waals surface area (Å²) in [4.78, 5) is 11.2. The number of benzene rings is 1. The van der Waals surface area contributed by atoms with Gasteiger partial charge in [-0.05, 0) is 6.07 Å². The first kappa shape index (κ1) is 12.1. The maximum atomic E-state index is 13.6. The Morgan fingerprint density at radius 3 is 2.69 bits per heavy atom. The van der Waals surface area contributed by atoms with E-state index in [2.05, 4.69) is 4.74 Å². The molecule has 0 spiro atoms. The Morgan fingerprint density at radius 2 is 2.25 bits per heavy atom. The summed E-state index contributed by atoms with van der Waals surface area (Å²) in [6.07, 6.45) is 0. The third-order valence-corrected chi connectivity index (χ3v) is 1.98. The van der Waals surface area contributed by atoms with Crippen LogP contribution in [-0.2, 0) is 11.3 Å². The lowest BCUT2D eigenvalue weighted by Gasteiger charge is -2.08. The fraction of sp³-hybridized carbons (Fsp3) is 0.200. The van der Waals surface area contributed by atoms with Gasteiger partial charge in [0.05, 0.1) is 19.3 Å². The van der Waals surface area contributed by atoms with Gasteiger partial charge in [-0.2, -0.15) is 5.26 Å². The fourth-order valence-corrected chi connectivity index (χ4v) is 1.19. The van der Waals surface area contributed by atoms with Gasteiger partial charge in [0.25, 0.3) is 0 Å². The summed E-state index contributed by atoms with van der Waals surface area (Å²) in [6, 6.07) is 2.16. The van der Waals surface area contributed by atoms with E-state index in [0.29, 0.717) is 6.07 Å². The SMILES string of the molecule is COC(=O)c1c(C#N)cc(F)c(CO)c1F. The molecule has 0 aliphatic heterocycles. The summed E-state index contributed by atoms with van der Waals surface area (Å²) < 4.78 is 31.0. The van der Waals surface area contributed by atoms with Gasteiger partial charge in [0.15, 0.2) is 0 Å². The lowest BCUT2D eigenvalue weighted by molar-refractivity contribution is 0.0594. The molecule has 0 unspecified atom stereocenters. The van der Waals surface area contributed by atoms with Crippen molar-refractivity contribution in [1.29, 1.82) is 5.26 Å². The number of carbonyl (C=O) groups is 1. The standard InChI is InChI=1S/C10H7F2NO3/c1-16-10(15)8-5(3-13)2-7(11)6(4-14)9(8)12/h2,14H,4H2,1H3. The van der Waals surface area contributed by atoms with Crippen molar-refractivity contribution in [2.75, 3.05) is 7.11 Å². The van der Waals surface area contributed by atoms with Crippen LogP contribution in [0.15, 0.2) is 6.07 Å². The zero-order valence-electron chi connectivity index (χ0n) is 8.25. The van der Waals surface area contributed by atoms with Crippen LogP contribution < -0.4 is 0 Å². The average Bonchev–Trinajstić information content (AvgIpc) is 2.27. The molecule has 0 amide bonds. The first-order chi connectivity index (χ1) is 7.56. The average molecular weight is 227 g/mol. The zero-order chi connectivity index (χ0) is 12.3. The smallest absolute Gasteiger partial charge is 0.342 e. The van der Waals surface area contributed by atoms with Crippen LogP contribution in [0.25, 0.3) is 0 Å². The van der Waals surface area contributed by atoms with Gasteiger partial charge in [-0.3, -0.25) is 0 Å². The molecule has 1 N–H and O–H groups in total.